The molecule has 17 heavy (non-hydrogen) atoms. The average molecular weight is 296 g/mol. The minimum atomic E-state index is 0.589. The molecule has 1 heterocycles. The number of nitrogens with zero attached hydrogens (tertiary/aromatic N) is 1. The van der Waals surface area contributed by atoms with Crippen LogP contribution >= 0.6 is 15.9 Å². The maximum Gasteiger partial charge on any atom is 0.0234 e. The zero-order valence-electron chi connectivity index (χ0n) is 10.9. The van der Waals surface area contributed by atoms with Gasteiger partial charge < -0.3 is 0 Å². The lowest BCUT2D eigenvalue weighted by Gasteiger charge is -2.26. The molecular formula is C15H22BrN. The third-order valence-corrected chi connectivity index (χ3v) is 4.81. The third kappa shape index (κ3) is 3.11. The summed E-state index contributed by atoms with van der Waals surface area (Å²) in [5.41, 5.74) is 2.01. The van der Waals surface area contributed by atoms with Crippen LogP contribution in [0.4, 0.5) is 0 Å². The van der Waals surface area contributed by atoms with E-state index in [9.17, 15) is 0 Å². The average Bonchev–Trinajstić information content (AvgIpc) is 2.73. The van der Waals surface area contributed by atoms with Crippen molar-refractivity contribution in [3.8, 4) is 0 Å². The summed E-state index contributed by atoms with van der Waals surface area (Å²) >= 11 is 3.54. The molecule has 0 amide bonds. The lowest BCUT2D eigenvalue weighted by atomic mass is 9.82. The molecule has 0 aliphatic carbocycles. The molecule has 0 N–H and O–H groups in total. The number of hydrogen-bond donors (Lipinski definition) is 0. The molecule has 1 saturated heterocycles. The summed E-state index contributed by atoms with van der Waals surface area (Å²) in [4.78, 5) is 2.61. The van der Waals surface area contributed by atoms with E-state index < -0.39 is 0 Å². The van der Waals surface area contributed by atoms with Gasteiger partial charge in [0.1, 0.15) is 0 Å². The molecule has 1 fully saturated rings. The van der Waals surface area contributed by atoms with E-state index in [1.165, 1.54) is 42.4 Å². The number of halogens is 1. The van der Waals surface area contributed by atoms with Gasteiger partial charge in [0.25, 0.3) is 0 Å². The molecule has 1 aliphatic heterocycles. The summed E-state index contributed by atoms with van der Waals surface area (Å²) in [6, 6.07) is 8.68. The Kier molecular flexibility index (Phi) is 4.26. The maximum atomic E-state index is 3.54. The van der Waals surface area contributed by atoms with Gasteiger partial charge in [0.05, 0.1) is 0 Å². The van der Waals surface area contributed by atoms with Crippen molar-refractivity contribution in [2.75, 3.05) is 13.1 Å². The molecule has 2 heteroatoms. The minimum Gasteiger partial charge on any atom is -0.299 e. The zero-order valence-corrected chi connectivity index (χ0v) is 12.5. The van der Waals surface area contributed by atoms with Crippen LogP contribution in [0.2, 0.25) is 0 Å². The molecule has 0 bridgehead atoms. The van der Waals surface area contributed by atoms with Gasteiger partial charge in [-0.25, -0.2) is 0 Å². The minimum absolute atomic E-state index is 0.589. The molecule has 94 valence electrons. The van der Waals surface area contributed by atoms with Gasteiger partial charge in [-0.1, -0.05) is 41.9 Å². The number of benzene rings is 1. The lowest BCUT2D eigenvalue weighted by Crippen LogP contribution is -2.26. The van der Waals surface area contributed by atoms with E-state index in [-0.39, 0.29) is 0 Å². The largest absolute Gasteiger partial charge is 0.299 e. The van der Waals surface area contributed by atoms with Gasteiger partial charge in [-0.2, -0.15) is 0 Å². The Morgan fingerprint density at radius 3 is 2.65 bits per heavy atom. The summed E-state index contributed by atoms with van der Waals surface area (Å²) in [6.07, 6.45) is 4.00. The molecule has 2 rings (SSSR count). The Morgan fingerprint density at radius 1 is 1.29 bits per heavy atom. The van der Waals surface area contributed by atoms with E-state index in [1.807, 2.05) is 0 Å². The molecule has 0 aromatic heterocycles. The van der Waals surface area contributed by atoms with Crippen LogP contribution in [0.25, 0.3) is 0 Å². The van der Waals surface area contributed by atoms with Crippen LogP contribution in [-0.4, -0.2) is 18.0 Å². The first kappa shape index (κ1) is 13.1. The van der Waals surface area contributed by atoms with Crippen molar-refractivity contribution < 1.29 is 0 Å². The first-order chi connectivity index (χ1) is 8.17. The predicted molar refractivity (Wildman–Crippen MR) is 77.1 cm³/mol. The molecule has 0 saturated carbocycles. The number of rotatable bonds is 4. The second-order valence-corrected chi connectivity index (χ2v) is 6.21. The molecule has 1 aromatic carbocycles. The monoisotopic (exact) mass is 295 g/mol. The van der Waals surface area contributed by atoms with Crippen molar-refractivity contribution in [2.24, 2.45) is 5.41 Å². The summed E-state index contributed by atoms with van der Waals surface area (Å²) in [5.74, 6) is 0. The highest BCUT2D eigenvalue weighted by Crippen LogP contribution is 2.37. The van der Waals surface area contributed by atoms with Crippen molar-refractivity contribution in [3.63, 3.8) is 0 Å². The van der Waals surface area contributed by atoms with Gasteiger partial charge in [0.15, 0.2) is 0 Å². The fourth-order valence-electron chi connectivity index (χ4n) is 2.88. The van der Waals surface area contributed by atoms with Crippen LogP contribution in [-0.2, 0) is 6.54 Å². The molecule has 1 nitrogen and oxygen atoms in total. The highest BCUT2D eigenvalue weighted by molar-refractivity contribution is 9.10. The van der Waals surface area contributed by atoms with Crippen LogP contribution in [0.3, 0.4) is 0 Å². The first-order valence-corrected chi connectivity index (χ1v) is 7.43. The number of likely N-dealkylation sites (tertiary alicyclic amines) is 1. The van der Waals surface area contributed by atoms with Gasteiger partial charge in [-0.3, -0.25) is 4.90 Å². The van der Waals surface area contributed by atoms with E-state index in [0.29, 0.717) is 5.41 Å². The van der Waals surface area contributed by atoms with Crippen molar-refractivity contribution >= 4 is 15.9 Å². The van der Waals surface area contributed by atoms with Crippen LogP contribution in [0, 0.1) is 5.41 Å². The molecule has 1 aromatic rings. The normalized spacial score (nSPS) is 19.7. The van der Waals surface area contributed by atoms with Gasteiger partial charge in [0.2, 0.25) is 0 Å². The predicted octanol–water partition coefficient (Wildman–Crippen LogP) is 4.46. The third-order valence-electron chi connectivity index (χ3n) is 4.31. The topological polar surface area (TPSA) is 3.24 Å². The molecule has 1 aliphatic rings. The van der Waals surface area contributed by atoms with E-state index in [1.54, 1.807) is 0 Å². The lowest BCUT2D eigenvalue weighted by molar-refractivity contribution is 0.236. The van der Waals surface area contributed by atoms with Gasteiger partial charge in [-0.05, 0) is 48.9 Å². The summed E-state index contributed by atoms with van der Waals surface area (Å²) in [6.45, 7) is 8.31. The van der Waals surface area contributed by atoms with E-state index in [2.05, 4.69) is 58.9 Å². The van der Waals surface area contributed by atoms with Gasteiger partial charge in [-0.15, -0.1) is 0 Å². The highest BCUT2D eigenvalue weighted by Gasteiger charge is 2.34. The van der Waals surface area contributed by atoms with Crippen molar-refractivity contribution in [1.29, 1.82) is 0 Å². The van der Waals surface area contributed by atoms with Gasteiger partial charge >= 0.3 is 0 Å². The molecule has 0 unspecified atom stereocenters. The van der Waals surface area contributed by atoms with E-state index >= 15 is 0 Å². The Morgan fingerprint density at radius 2 is 2.06 bits per heavy atom. The Balaban J connectivity index is 1.98. The molecule has 0 atom stereocenters. The SMILES string of the molecule is CCC1(CC)CCN(Cc2cccc(Br)c2)C1. The summed E-state index contributed by atoms with van der Waals surface area (Å²) in [5, 5.41) is 0. The van der Waals surface area contributed by atoms with E-state index in [4.69, 9.17) is 0 Å². The molecule has 0 radical (unpaired) electrons. The maximum absolute atomic E-state index is 3.54. The number of hydrogen-bond acceptors (Lipinski definition) is 1. The highest BCUT2D eigenvalue weighted by atomic mass is 79.9. The summed E-state index contributed by atoms with van der Waals surface area (Å²) in [7, 11) is 0. The van der Waals surface area contributed by atoms with Crippen molar-refractivity contribution in [2.45, 2.75) is 39.7 Å². The quantitative estimate of drug-likeness (QED) is 0.793. The Bertz CT molecular complexity index is 371. The fourth-order valence-corrected chi connectivity index (χ4v) is 3.33. The van der Waals surface area contributed by atoms with Crippen LogP contribution in [0.15, 0.2) is 28.7 Å². The van der Waals surface area contributed by atoms with Crippen LogP contribution in [0.5, 0.6) is 0 Å². The van der Waals surface area contributed by atoms with Crippen molar-refractivity contribution in [1.82, 2.24) is 4.90 Å². The van der Waals surface area contributed by atoms with E-state index in [0.717, 1.165) is 6.54 Å². The zero-order chi connectivity index (χ0) is 12.3. The molecular weight excluding hydrogens is 274 g/mol. The second kappa shape index (κ2) is 5.53. The fraction of sp³-hybridized carbons (Fsp3) is 0.600. The van der Waals surface area contributed by atoms with Crippen molar-refractivity contribution in [3.05, 3.63) is 34.3 Å². The summed E-state index contributed by atoms with van der Waals surface area (Å²) < 4.78 is 1.19. The van der Waals surface area contributed by atoms with Crippen LogP contribution in [0.1, 0.15) is 38.7 Å². The molecule has 0 spiro atoms. The smallest absolute Gasteiger partial charge is 0.0234 e. The standard InChI is InChI=1S/C15H22BrN/c1-3-15(4-2)8-9-17(12-15)11-13-6-5-7-14(16)10-13/h5-7,10H,3-4,8-9,11-12H2,1-2H3. The van der Waals surface area contributed by atoms with Gasteiger partial charge in [0, 0.05) is 17.6 Å². The Hall–Kier alpha value is -0.340. The Labute approximate surface area is 113 Å². The first-order valence-electron chi connectivity index (χ1n) is 6.64. The van der Waals surface area contributed by atoms with Crippen LogP contribution < -0.4 is 0 Å². The second-order valence-electron chi connectivity index (χ2n) is 5.30.